The molecule has 2 aliphatic rings. The lowest BCUT2D eigenvalue weighted by molar-refractivity contribution is 0.157. The topological polar surface area (TPSA) is 62.4 Å². The first kappa shape index (κ1) is 18.5. The van der Waals surface area contributed by atoms with Crippen LogP contribution >= 0.6 is 12.2 Å². The van der Waals surface area contributed by atoms with Crippen molar-refractivity contribution < 1.29 is 9.21 Å². The van der Waals surface area contributed by atoms with Crippen LogP contribution in [0.15, 0.2) is 28.7 Å². The molecule has 2 fully saturated rings. The summed E-state index contributed by atoms with van der Waals surface area (Å²) in [6.45, 7) is 2.61. The van der Waals surface area contributed by atoms with Gasteiger partial charge in [0.1, 0.15) is 0 Å². The molecule has 27 heavy (non-hydrogen) atoms. The van der Waals surface area contributed by atoms with Gasteiger partial charge < -0.3 is 15.1 Å². The summed E-state index contributed by atoms with van der Waals surface area (Å²) in [6.07, 6.45) is 7.91. The van der Waals surface area contributed by atoms with Gasteiger partial charge in [0.2, 0.25) is 0 Å². The first-order chi connectivity index (χ1) is 13.2. The number of likely N-dealkylation sites (tertiary alicyclic amines) is 1. The maximum atomic E-state index is 12.2. The number of oxazole rings is 1. The first-order valence-electron chi connectivity index (χ1n) is 10.1. The zero-order valence-corrected chi connectivity index (χ0v) is 16.5. The second-order valence-electron chi connectivity index (χ2n) is 7.75. The molecule has 0 spiro atoms. The number of para-hydroxylation sites is 2. The van der Waals surface area contributed by atoms with Crippen molar-refractivity contribution in [2.45, 2.75) is 63.7 Å². The van der Waals surface area contributed by atoms with E-state index in [9.17, 15) is 4.79 Å². The van der Waals surface area contributed by atoms with Crippen molar-refractivity contribution >= 4 is 29.3 Å². The molecule has 2 amide bonds. The fraction of sp³-hybridized carbons (Fsp3) is 0.600. The Bertz CT molecular complexity index is 832. The van der Waals surface area contributed by atoms with E-state index in [1.54, 1.807) is 0 Å². The number of rotatable bonds is 4. The number of urea groups is 1. The van der Waals surface area contributed by atoms with E-state index in [0.29, 0.717) is 10.9 Å². The van der Waals surface area contributed by atoms with E-state index >= 15 is 0 Å². The lowest BCUT2D eigenvalue weighted by Gasteiger charge is -2.33. The molecule has 1 aliphatic carbocycles. The number of hydrogen-bond donors (Lipinski definition) is 2. The summed E-state index contributed by atoms with van der Waals surface area (Å²) >= 11 is 5.38. The molecule has 6 nitrogen and oxygen atoms in total. The number of amides is 2. The molecule has 1 aliphatic heterocycles. The SMILES string of the molecule is O=C(NC1CCCCC1)NC1CCN(Cn2c(=S)oc3ccccc32)CC1. The summed E-state index contributed by atoms with van der Waals surface area (Å²) in [5, 5.41) is 6.31. The third-order valence-electron chi connectivity index (χ3n) is 5.78. The summed E-state index contributed by atoms with van der Waals surface area (Å²) in [5.41, 5.74) is 1.87. The molecule has 2 N–H and O–H groups in total. The Kier molecular flexibility index (Phi) is 5.78. The lowest BCUT2D eigenvalue weighted by atomic mass is 9.96. The third-order valence-corrected chi connectivity index (χ3v) is 6.08. The fourth-order valence-electron chi connectivity index (χ4n) is 4.23. The van der Waals surface area contributed by atoms with Crippen LogP contribution in [0.5, 0.6) is 0 Å². The van der Waals surface area contributed by atoms with Gasteiger partial charge in [-0.25, -0.2) is 4.79 Å². The van der Waals surface area contributed by atoms with Crippen LogP contribution in [0.2, 0.25) is 0 Å². The monoisotopic (exact) mass is 388 g/mol. The van der Waals surface area contributed by atoms with Gasteiger partial charge in [-0.1, -0.05) is 31.4 Å². The predicted molar refractivity (Wildman–Crippen MR) is 108 cm³/mol. The van der Waals surface area contributed by atoms with Crippen LogP contribution in [0, 0.1) is 4.84 Å². The number of nitrogens with one attached hydrogen (secondary N) is 2. The van der Waals surface area contributed by atoms with Gasteiger partial charge >= 0.3 is 6.03 Å². The standard InChI is InChI=1S/C20H28N4O2S/c25-19(21-15-6-2-1-3-7-15)22-16-10-12-23(13-11-16)14-24-17-8-4-5-9-18(17)26-20(24)27/h4-5,8-9,15-16H,1-3,6-7,10-14H2,(H2,21,22,25). The Balaban J connectivity index is 1.27. The maximum absolute atomic E-state index is 12.2. The van der Waals surface area contributed by atoms with Gasteiger partial charge in [0.15, 0.2) is 5.58 Å². The highest BCUT2D eigenvalue weighted by atomic mass is 32.1. The van der Waals surface area contributed by atoms with Gasteiger partial charge in [0, 0.05) is 25.2 Å². The number of carbonyl (C=O) groups excluding carboxylic acids is 1. The largest absolute Gasteiger partial charge is 0.429 e. The third kappa shape index (κ3) is 4.52. The molecule has 2 aromatic rings. The Hall–Kier alpha value is -1.86. The van der Waals surface area contributed by atoms with Crippen molar-refractivity contribution in [3.63, 3.8) is 0 Å². The Morgan fingerprint density at radius 1 is 1.04 bits per heavy atom. The molecule has 2 heterocycles. The molecule has 146 valence electrons. The maximum Gasteiger partial charge on any atom is 0.315 e. The molecular formula is C20H28N4O2S. The van der Waals surface area contributed by atoms with Crippen molar-refractivity contribution in [3.05, 3.63) is 29.1 Å². The van der Waals surface area contributed by atoms with Gasteiger partial charge in [-0.15, -0.1) is 0 Å². The lowest BCUT2D eigenvalue weighted by Crippen LogP contribution is -2.50. The zero-order valence-electron chi connectivity index (χ0n) is 15.7. The van der Waals surface area contributed by atoms with E-state index in [2.05, 4.69) is 15.5 Å². The number of carbonyl (C=O) groups is 1. The summed E-state index contributed by atoms with van der Waals surface area (Å²) in [7, 11) is 0. The molecule has 0 unspecified atom stereocenters. The van der Waals surface area contributed by atoms with Crippen molar-refractivity contribution in [1.82, 2.24) is 20.1 Å². The van der Waals surface area contributed by atoms with Gasteiger partial charge in [-0.05, 0) is 50.0 Å². The van der Waals surface area contributed by atoms with Crippen LogP contribution in [0.25, 0.3) is 11.1 Å². The molecule has 1 saturated carbocycles. The highest BCUT2D eigenvalue weighted by Gasteiger charge is 2.23. The van der Waals surface area contributed by atoms with Gasteiger partial charge in [-0.3, -0.25) is 9.47 Å². The minimum atomic E-state index is 0.00315. The van der Waals surface area contributed by atoms with E-state index in [1.807, 2.05) is 28.8 Å². The van der Waals surface area contributed by atoms with Crippen molar-refractivity contribution in [3.8, 4) is 0 Å². The fourth-order valence-corrected chi connectivity index (χ4v) is 4.47. The summed E-state index contributed by atoms with van der Waals surface area (Å²) < 4.78 is 7.72. The van der Waals surface area contributed by atoms with Crippen molar-refractivity contribution in [1.29, 1.82) is 0 Å². The van der Waals surface area contributed by atoms with Gasteiger partial charge in [0.25, 0.3) is 4.84 Å². The number of aromatic nitrogens is 1. The smallest absolute Gasteiger partial charge is 0.315 e. The highest BCUT2D eigenvalue weighted by Crippen LogP contribution is 2.20. The summed E-state index contributed by atoms with van der Waals surface area (Å²) in [4.78, 5) is 15.1. The van der Waals surface area contributed by atoms with Gasteiger partial charge in [0.05, 0.1) is 12.2 Å². The molecule has 4 rings (SSSR count). The number of nitrogens with zero attached hydrogens (tertiary/aromatic N) is 2. The molecular weight excluding hydrogens is 360 g/mol. The molecule has 1 aromatic heterocycles. The Labute approximate surface area is 164 Å². The molecule has 0 atom stereocenters. The number of piperidine rings is 1. The van der Waals surface area contributed by atoms with Crippen LogP contribution < -0.4 is 10.6 Å². The number of fused-ring (bicyclic) bond motifs is 1. The van der Waals surface area contributed by atoms with Crippen LogP contribution in [0.3, 0.4) is 0 Å². The zero-order chi connectivity index (χ0) is 18.6. The van der Waals surface area contributed by atoms with Crippen molar-refractivity contribution in [2.75, 3.05) is 13.1 Å². The normalized spacial score (nSPS) is 20.0. The molecule has 0 bridgehead atoms. The van der Waals surface area contributed by atoms with E-state index < -0.39 is 0 Å². The number of benzene rings is 1. The quantitative estimate of drug-likeness (QED) is 0.777. The predicted octanol–water partition coefficient (Wildman–Crippen LogP) is 4.02. The van der Waals surface area contributed by atoms with Crippen LogP contribution in [-0.4, -0.2) is 40.7 Å². The van der Waals surface area contributed by atoms with E-state index in [-0.39, 0.29) is 12.1 Å². The Morgan fingerprint density at radius 3 is 2.44 bits per heavy atom. The second kappa shape index (κ2) is 8.44. The minimum absolute atomic E-state index is 0.00315. The molecule has 0 radical (unpaired) electrons. The average Bonchev–Trinajstić information content (AvgIpc) is 2.99. The van der Waals surface area contributed by atoms with E-state index in [1.165, 1.54) is 19.3 Å². The summed E-state index contributed by atoms with van der Waals surface area (Å²) in [5.74, 6) is 0. The van der Waals surface area contributed by atoms with Crippen LogP contribution in [0.1, 0.15) is 44.9 Å². The second-order valence-corrected chi connectivity index (χ2v) is 8.10. The molecule has 1 saturated heterocycles. The Morgan fingerprint density at radius 2 is 1.70 bits per heavy atom. The molecule has 1 aromatic carbocycles. The number of hydrogen-bond acceptors (Lipinski definition) is 4. The highest BCUT2D eigenvalue weighted by molar-refractivity contribution is 7.71. The summed E-state index contributed by atoms with van der Waals surface area (Å²) in [6, 6.07) is 8.56. The van der Waals surface area contributed by atoms with Gasteiger partial charge in [-0.2, -0.15) is 0 Å². The van der Waals surface area contributed by atoms with Crippen LogP contribution in [0.4, 0.5) is 4.79 Å². The van der Waals surface area contributed by atoms with Crippen molar-refractivity contribution in [2.24, 2.45) is 0 Å². The molecule has 7 heteroatoms. The van der Waals surface area contributed by atoms with E-state index in [0.717, 1.165) is 56.5 Å². The van der Waals surface area contributed by atoms with E-state index in [4.69, 9.17) is 16.6 Å². The van der Waals surface area contributed by atoms with Crippen LogP contribution in [-0.2, 0) is 6.67 Å². The minimum Gasteiger partial charge on any atom is -0.429 e. The average molecular weight is 389 g/mol. The first-order valence-corrected chi connectivity index (χ1v) is 10.5.